The van der Waals surface area contributed by atoms with E-state index in [1.165, 1.54) is 0 Å². The van der Waals surface area contributed by atoms with Gasteiger partial charge in [0.15, 0.2) is 5.13 Å². The van der Waals surface area contributed by atoms with E-state index in [0.29, 0.717) is 48.3 Å². The van der Waals surface area contributed by atoms with Gasteiger partial charge in [-0.15, -0.1) is 0 Å². The van der Waals surface area contributed by atoms with E-state index < -0.39 is 0 Å². The van der Waals surface area contributed by atoms with Crippen LogP contribution >= 0.6 is 22.9 Å². The summed E-state index contributed by atoms with van der Waals surface area (Å²) in [6.45, 7) is 2.67. The van der Waals surface area contributed by atoms with Gasteiger partial charge in [-0.2, -0.15) is 0 Å². The first-order valence-corrected chi connectivity index (χ1v) is 11.8. The molecule has 8 heteroatoms. The van der Waals surface area contributed by atoms with Gasteiger partial charge in [0, 0.05) is 31.7 Å². The SMILES string of the molecule is COc1ccc(Cl)c2sc(N3CCN(C(=O)c4ccc(Oc5ccccc5)cc4)CC3)nc12. The second kappa shape index (κ2) is 9.29. The van der Waals surface area contributed by atoms with E-state index in [-0.39, 0.29) is 5.91 Å². The van der Waals surface area contributed by atoms with Crippen molar-refractivity contribution in [3.05, 3.63) is 77.3 Å². The number of aromatic nitrogens is 1. The lowest BCUT2D eigenvalue weighted by molar-refractivity contribution is 0.0747. The van der Waals surface area contributed by atoms with Crippen molar-refractivity contribution in [3.8, 4) is 17.2 Å². The molecule has 0 bridgehead atoms. The standard InChI is InChI=1S/C25H22ClN3O3S/c1-31-21-12-11-20(26)23-22(21)27-25(33-23)29-15-13-28(14-16-29)24(30)17-7-9-19(10-8-17)32-18-5-3-2-4-6-18/h2-12H,13-16H2,1H3. The number of amides is 1. The van der Waals surface area contributed by atoms with Crippen LogP contribution in [0.5, 0.6) is 17.2 Å². The van der Waals surface area contributed by atoms with E-state index >= 15 is 0 Å². The first-order chi connectivity index (χ1) is 16.1. The van der Waals surface area contributed by atoms with Crippen molar-refractivity contribution in [2.75, 3.05) is 38.2 Å². The Kier molecular flexibility index (Phi) is 6.07. The Bertz CT molecular complexity index is 1270. The normalized spacial score (nSPS) is 13.9. The molecule has 2 heterocycles. The molecule has 0 aliphatic carbocycles. The molecule has 5 rings (SSSR count). The summed E-state index contributed by atoms with van der Waals surface area (Å²) in [6, 6.07) is 20.5. The maximum atomic E-state index is 13.0. The van der Waals surface area contributed by atoms with Crippen LogP contribution in [0.25, 0.3) is 10.2 Å². The first kappa shape index (κ1) is 21.6. The smallest absolute Gasteiger partial charge is 0.253 e. The number of benzene rings is 3. The van der Waals surface area contributed by atoms with E-state index in [1.807, 2.05) is 71.6 Å². The Hall–Kier alpha value is -3.29. The lowest BCUT2D eigenvalue weighted by Crippen LogP contribution is -2.48. The number of piperazine rings is 1. The van der Waals surface area contributed by atoms with Crippen LogP contribution in [0.3, 0.4) is 0 Å². The van der Waals surface area contributed by atoms with Crippen LogP contribution in [0.2, 0.25) is 5.02 Å². The fourth-order valence-corrected chi connectivity index (χ4v) is 5.12. The van der Waals surface area contributed by atoms with Crippen molar-refractivity contribution in [2.45, 2.75) is 0 Å². The number of halogens is 1. The molecule has 0 saturated carbocycles. The molecule has 1 aromatic heterocycles. The molecule has 0 radical (unpaired) electrons. The predicted octanol–water partition coefficient (Wildman–Crippen LogP) is 5.71. The Balaban J connectivity index is 1.23. The number of carbonyl (C=O) groups is 1. The highest BCUT2D eigenvalue weighted by Crippen LogP contribution is 2.38. The molecule has 0 atom stereocenters. The van der Waals surface area contributed by atoms with Crippen molar-refractivity contribution in [1.29, 1.82) is 0 Å². The minimum absolute atomic E-state index is 0.0231. The van der Waals surface area contributed by atoms with Gasteiger partial charge >= 0.3 is 0 Å². The van der Waals surface area contributed by atoms with E-state index in [1.54, 1.807) is 18.4 Å². The number of anilines is 1. The molecule has 6 nitrogen and oxygen atoms in total. The monoisotopic (exact) mass is 479 g/mol. The van der Waals surface area contributed by atoms with Crippen LogP contribution in [0, 0.1) is 0 Å². The molecule has 0 unspecified atom stereocenters. The zero-order valence-corrected chi connectivity index (χ0v) is 19.6. The molecule has 1 aliphatic heterocycles. The zero-order valence-electron chi connectivity index (χ0n) is 18.0. The average Bonchev–Trinajstić information content (AvgIpc) is 3.32. The maximum absolute atomic E-state index is 13.0. The molecule has 4 aromatic rings. The summed E-state index contributed by atoms with van der Waals surface area (Å²) in [4.78, 5) is 21.8. The van der Waals surface area contributed by atoms with Gasteiger partial charge < -0.3 is 19.3 Å². The third-order valence-corrected chi connectivity index (χ3v) is 7.16. The van der Waals surface area contributed by atoms with E-state index in [0.717, 1.165) is 21.1 Å². The van der Waals surface area contributed by atoms with E-state index in [2.05, 4.69) is 4.90 Å². The summed E-state index contributed by atoms with van der Waals surface area (Å²) in [5.41, 5.74) is 1.43. The molecular formula is C25H22ClN3O3S. The number of hydrogen-bond acceptors (Lipinski definition) is 6. The van der Waals surface area contributed by atoms with Gasteiger partial charge in [0.25, 0.3) is 5.91 Å². The number of fused-ring (bicyclic) bond motifs is 1. The van der Waals surface area contributed by atoms with Crippen molar-refractivity contribution in [1.82, 2.24) is 9.88 Å². The fourth-order valence-electron chi connectivity index (χ4n) is 3.81. The number of methoxy groups -OCH3 is 1. The summed E-state index contributed by atoms with van der Waals surface area (Å²) in [6.07, 6.45) is 0. The number of carbonyl (C=O) groups excluding carboxylic acids is 1. The third kappa shape index (κ3) is 4.47. The minimum atomic E-state index is 0.0231. The largest absolute Gasteiger partial charge is 0.494 e. The number of hydrogen-bond donors (Lipinski definition) is 0. The lowest BCUT2D eigenvalue weighted by atomic mass is 10.1. The number of thiazole rings is 1. The Morgan fingerprint density at radius 2 is 1.64 bits per heavy atom. The number of ether oxygens (including phenoxy) is 2. The number of para-hydroxylation sites is 1. The van der Waals surface area contributed by atoms with Crippen molar-refractivity contribution < 1.29 is 14.3 Å². The zero-order chi connectivity index (χ0) is 22.8. The summed E-state index contributed by atoms with van der Waals surface area (Å²) < 4.78 is 12.2. The number of rotatable bonds is 5. The van der Waals surface area contributed by atoms with Gasteiger partial charge in [0.05, 0.1) is 16.8 Å². The summed E-state index contributed by atoms with van der Waals surface area (Å²) in [5, 5.41) is 1.56. The lowest BCUT2D eigenvalue weighted by Gasteiger charge is -2.34. The Morgan fingerprint density at radius 1 is 0.939 bits per heavy atom. The van der Waals surface area contributed by atoms with Crippen LogP contribution in [0.4, 0.5) is 5.13 Å². The fraction of sp³-hybridized carbons (Fsp3) is 0.200. The summed E-state index contributed by atoms with van der Waals surface area (Å²) >= 11 is 7.92. The topological polar surface area (TPSA) is 54.9 Å². The molecule has 33 heavy (non-hydrogen) atoms. The highest BCUT2D eigenvalue weighted by Gasteiger charge is 2.25. The molecule has 1 amide bonds. The summed E-state index contributed by atoms with van der Waals surface area (Å²) in [7, 11) is 1.63. The van der Waals surface area contributed by atoms with Crippen LogP contribution in [-0.2, 0) is 0 Å². The molecule has 0 spiro atoms. The average molecular weight is 480 g/mol. The highest BCUT2D eigenvalue weighted by atomic mass is 35.5. The molecule has 3 aromatic carbocycles. The van der Waals surface area contributed by atoms with Crippen molar-refractivity contribution in [3.63, 3.8) is 0 Å². The van der Waals surface area contributed by atoms with Gasteiger partial charge in [-0.3, -0.25) is 4.79 Å². The first-order valence-electron chi connectivity index (χ1n) is 10.6. The van der Waals surface area contributed by atoms with Gasteiger partial charge in [0.2, 0.25) is 0 Å². The molecule has 1 saturated heterocycles. The van der Waals surface area contributed by atoms with Crippen LogP contribution in [0.1, 0.15) is 10.4 Å². The number of nitrogens with zero attached hydrogens (tertiary/aromatic N) is 3. The van der Waals surface area contributed by atoms with Gasteiger partial charge in [0.1, 0.15) is 22.8 Å². The van der Waals surface area contributed by atoms with Crippen molar-refractivity contribution >= 4 is 44.2 Å². The van der Waals surface area contributed by atoms with Gasteiger partial charge in [-0.1, -0.05) is 41.1 Å². The van der Waals surface area contributed by atoms with E-state index in [9.17, 15) is 4.79 Å². The van der Waals surface area contributed by atoms with Crippen molar-refractivity contribution in [2.24, 2.45) is 0 Å². The molecule has 1 fully saturated rings. The predicted molar refractivity (Wildman–Crippen MR) is 132 cm³/mol. The molecule has 0 N–H and O–H groups in total. The van der Waals surface area contributed by atoms with Gasteiger partial charge in [-0.25, -0.2) is 4.98 Å². The second-order valence-electron chi connectivity index (χ2n) is 7.64. The molecule has 168 valence electrons. The summed E-state index contributed by atoms with van der Waals surface area (Å²) in [5.74, 6) is 2.20. The highest BCUT2D eigenvalue weighted by molar-refractivity contribution is 7.22. The quantitative estimate of drug-likeness (QED) is 0.367. The maximum Gasteiger partial charge on any atom is 0.253 e. The molecule has 1 aliphatic rings. The minimum Gasteiger partial charge on any atom is -0.494 e. The molecular weight excluding hydrogens is 458 g/mol. The van der Waals surface area contributed by atoms with E-state index in [4.69, 9.17) is 26.1 Å². The Labute approximate surface area is 200 Å². The van der Waals surface area contributed by atoms with Gasteiger partial charge in [-0.05, 0) is 48.5 Å². The second-order valence-corrected chi connectivity index (χ2v) is 9.03. The van der Waals surface area contributed by atoms with Crippen LogP contribution < -0.4 is 14.4 Å². The van der Waals surface area contributed by atoms with Crippen LogP contribution in [0.15, 0.2) is 66.7 Å². The Morgan fingerprint density at radius 3 is 2.33 bits per heavy atom. The third-order valence-electron chi connectivity index (χ3n) is 5.58. The van der Waals surface area contributed by atoms with Crippen LogP contribution in [-0.4, -0.2) is 49.1 Å².